The van der Waals surface area contributed by atoms with Crippen molar-refractivity contribution in [2.24, 2.45) is 5.92 Å². The molecule has 0 saturated carbocycles. The molecule has 4 amide bonds. The smallest absolute Gasteiger partial charge is 0.409 e. The number of carbonyl (C=O) groups is 4. The second-order valence-electron chi connectivity index (χ2n) is 7.48. The molecule has 3 rings (SSSR count). The van der Waals surface area contributed by atoms with Crippen molar-refractivity contribution in [1.82, 2.24) is 15.1 Å². The molecule has 9 heteroatoms. The minimum absolute atomic E-state index is 0.101. The number of hydrogen-bond donors (Lipinski definition) is 1. The highest BCUT2D eigenvalue weighted by molar-refractivity contribution is 6.01. The van der Waals surface area contributed by atoms with Crippen molar-refractivity contribution >= 4 is 29.5 Å². The molecule has 2 unspecified atom stereocenters. The van der Waals surface area contributed by atoms with Gasteiger partial charge in [0.1, 0.15) is 6.04 Å². The summed E-state index contributed by atoms with van der Waals surface area (Å²) < 4.78 is 4.98. The zero-order valence-electron chi connectivity index (χ0n) is 17.4. The van der Waals surface area contributed by atoms with Gasteiger partial charge in [0.25, 0.3) is 0 Å². The van der Waals surface area contributed by atoms with Crippen LogP contribution in [0.25, 0.3) is 0 Å². The van der Waals surface area contributed by atoms with Crippen LogP contribution in [0, 0.1) is 5.92 Å². The summed E-state index contributed by atoms with van der Waals surface area (Å²) in [5, 5.41) is 2.75. The van der Waals surface area contributed by atoms with Gasteiger partial charge in [0, 0.05) is 44.8 Å². The first-order valence-electron chi connectivity index (χ1n) is 10.3. The standard InChI is InChI=1S/C21H28N4O5/c1-3-30-21(29)24-11-9-23(10-12-24)20(28)15(2)22-19(27)16-13-18(26)25(14-16)17-7-5-4-6-8-17/h4-8,15-16H,3,9-14H2,1-2H3,(H,22,27). The normalized spacial score (nSPS) is 20.1. The van der Waals surface area contributed by atoms with Gasteiger partial charge in [-0.2, -0.15) is 0 Å². The summed E-state index contributed by atoms with van der Waals surface area (Å²) in [7, 11) is 0. The fraction of sp³-hybridized carbons (Fsp3) is 0.524. The number of nitrogens with zero attached hydrogens (tertiary/aromatic N) is 3. The van der Waals surface area contributed by atoms with Gasteiger partial charge in [0.05, 0.1) is 12.5 Å². The molecule has 1 N–H and O–H groups in total. The van der Waals surface area contributed by atoms with Gasteiger partial charge >= 0.3 is 6.09 Å². The predicted molar refractivity (Wildman–Crippen MR) is 110 cm³/mol. The molecule has 0 spiro atoms. The molecule has 0 radical (unpaired) electrons. The third-order valence-corrected chi connectivity index (χ3v) is 5.41. The van der Waals surface area contributed by atoms with Crippen LogP contribution >= 0.6 is 0 Å². The Morgan fingerprint density at radius 1 is 1.10 bits per heavy atom. The Morgan fingerprint density at radius 2 is 1.73 bits per heavy atom. The average molecular weight is 416 g/mol. The maximum atomic E-state index is 12.7. The summed E-state index contributed by atoms with van der Waals surface area (Å²) >= 11 is 0. The molecule has 1 aromatic rings. The molecule has 2 aliphatic rings. The minimum Gasteiger partial charge on any atom is -0.450 e. The predicted octanol–water partition coefficient (Wildman–Crippen LogP) is 0.845. The summed E-state index contributed by atoms with van der Waals surface area (Å²) in [5.41, 5.74) is 0.765. The van der Waals surface area contributed by atoms with Gasteiger partial charge < -0.3 is 24.8 Å². The van der Waals surface area contributed by atoms with Gasteiger partial charge in [0.2, 0.25) is 17.7 Å². The highest BCUT2D eigenvalue weighted by atomic mass is 16.6. The van der Waals surface area contributed by atoms with E-state index in [0.29, 0.717) is 39.3 Å². The van der Waals surface area contributed by atoms with E-state index in [1.54, 1.807) is 28.5 Å². The van der Waals surface area contributed by atoms with Crippen molar-refractivity contribution in [3.63, 3.8) is 0 Å². The maximum absolute atomic E-state index is 12.7. The van der Waals surface area contributed by atoms with Gasteiger partial charge in [-0.1, -0.05) is 18.2 Å². The lowest BCUT2D eigenvalue weighted by molar-refractivity contribution is -0.138. The number of carbonyl (C=O) groups excluding carboxylic acids is 4. The molecule has 0 aromatic heterocycles. The Bertz CT molecular complexity index is 792. The van der Waals surface area contributed by atoms with Crippen LogP contribution < -0.4 is 10.2 Å². The first-order valence-corrected chi connectivity index (χ1v) is 10.3. The lowest BCUT2D eigenvalue weighted by atomic mass is 10.1. The molecule has 0 bridgehead atoms. The number of ether oxygens (including phenoxy) is 1. The van der Waals surface area contributed by atoms with Crippen LogP contribution in [0.3, 0.4) is 0 Å². The number of anilines is 1. The van der Waals surface area contributed by atoms with Gasteiger partial charge in [-0.15, -0.1) is 0 Å². The number of rotatable bonds is 5. The summed E-state index contributed by atoms with van der Waals surface area (Å²) in [6.45, 7) is 5.58. The highest BCUT2D eigenvalue weighted by Gasteiger charge is 2.36. The molecular formula is C21H28N4O5. The summed E-state index contributed by atoms with van der Waals surface area (Å²) in [6, 6.07) is 8.53. The molecule has 9 nitrogen and oxygen atoms in total. The Hall–Kier alpha value is -3.10. The maximum Gasteiger partial charge on any atom is 0.409 e. The second-order valence-corrected chi connectivity index (χ2v) is 7.48. The number of piperazine rings is 1. The number of amides is 4. The fourth-order valence-corrected chi connectivity index (χ4v) is 3.73. The van der Waals surface area contributed by atoms with Crippen molar-refractivity contribution in [2.45, 2.75) is 26.3 Å². The van der Waals surface area contributed by atoms with Crippen LogP contribution in [0.15, 0.2) is 30.3 Å². The van der Waals surface area contributed by atoms with E-state index in [9.17, 15) is 19.2 Å². The van der Waals surface area contributed by atoms with Crippen molar-refractivity contribution in [3.8, 4) is 0 Å². The van der Waals surface area contributed by atoms with Crippen molar-refractivity contribution in [1.29, 1.82) is 0 Å². The first kappa shape index (κ1) is 21.6. The van der Waals surface area contributed by atoms with Gasteiger partial charge in [-0.3, -0.25) is 14.4 Å². The molecule has 2 fully saturated rings. The number of para-hydroxylation sites is 1. The summed E-state index contributed by atoms with van der Waals surface area (Å²) in [4.78, 5) is 54.2. The first-order chi connectivity index (χ1) is 14.4. The Kier molecular flexibility index (Phi) is 6.91. The molecule has 0 aliphatic carbocycles. The Morgan fingerprint density at radius 3 is 2.37 bits per heavy atom. The fourth-order valence-electron chi connectivity index (χ4n) is 3.73. The number of nitrogens with one attached hydrogen (secondary N) is 1. The molecule has 2 atom stereocenters. The molecule has 2 aliphatic heterocycles. The second kappa shape index (κ2) is 9.60. The SMILES string of the molecule is CCOC(=O)N1CCN(C(=O)C(C)NC(=O)C2CC(=O)N(c3ccccc3)C2)CC1. The molecular weight excluding hydrogens is 388 g/mol. The van der Waals surface area contributed by atoms with E-state index in [1.165, 1.54) is 0 Å². The molecule has 1 aromatic carbocycles. The topological polar surface area (TPSA) is 99.3 Å². The van der Waals surface area contributed by atoms with E-state index in [1.807, 2.05) is 30.3 Å². The summed E-state index contributed by atoms with van der Waals surface area (Å²) in [5.74, 6) is -1.09. The van der Waals surface area contributed by atoms with E-state index >= 15 is 0 Å². The third kappa shape index (κ3) is 4.90. The van der Waals surface area contributed by atoms with Gasteiger partial charge in [-0.05, 0) is 26.0 Å². The Balaban J connectivity index is 1.49. The lowest BCUT2D eigenvalue weighted by Gasteiger charge is -2.35. The zero-order valence-corrected chi connectivity index (χ0v) is 17.4. The summed E-state index contributed by atoms with van der Waals surface area (Å²) in [6.07, 6.45) is -0.250. The third-order valence-electron chi connectivity index (χ3n) is 5.41. The van der Waals surface area contributed by atoms with Crippen LogP contribution in [-0.2, 0) is 19.1 Å². The van der Waals surface area contributed by atoms with Crippen molar-refractivity contribution < 1.29 is 23.9 Å². The van der Waals surface area contributed by atoms with Crippen LogP contribution in [0.1, 0.15) is 20.3 Å². The van der Waals surface area contributed by atoms with E-state index in [4.69, 9.17) is 4.74 Å². The van der Waals surface area contributed by atoms with Crippen molar-refractivity contribution in [3.05, 3.63) is 30.3 Å². The Labute approximate surface area is 175 Å². The van der Waals surface area contributed by atoms with Gasteiger partial charge in [0.15, 0.2) is 0 Å². The monoisotopic (exact) mass is 416 g/mol. The van der Waals surface area contributed by atoms with E-state index < -0.39 is 12.0 Å². The van der Waals surface area contributed by atoms with E-state index in [2.05, 4.69) is 5.32 Å². The van der Waals surface area contributed by atoms with Crippen molar-refractivity contribution in [2.75, 3.05) is 44.2 Å². The van der Waals surface area contributed by atoms with E-state index in [-0.39, 0.29) is 30.2 Å². The molecule has 2 heterocycles. The molecule has 2 saturated heterocycles. The van der Waals surface area contributed by atoms with Crippen LogP contribution in [0.2, 0.25) is 0 Å². The van der Waals surface area contributed by atoms with Crippen LogP contribution in [-0.4, -0.2) is 79.0 Å². The zero-order chi connectivity index (χ0) is 21.7. The highest BCUT2D eigenvalue weighted by Crippen LogP contribution is 2.25. The minimum atomic E-state index is -0.701. The molecule has 30 heavy (non-hydrogen) atoms. The van der Waals surface area contributed by atoms with Gasteiger partial charge in [-0.25, -0.2) is 4.79 Å². The average Bonchev–Trinajstić information content (AvgIpc) is 3.16. The van der Waals surface area contributed by atoms with E-state index in [0.717, 1.165) is 5.69 Å². The quantitative estimate of drug-likeness (QED) is 0.767. The van der Waals surface area contributed by atoms with Crippen LogP contribution in [0.5, 0.6) is 0 Å². The largest absolute Gasteiger partial charge is 0.450 e. The number of hydrogen-bond acceptors (Lipinski definition) is 5. The number of benzene rings is 1. The molecule has 162 valence electrons. The van der Waals surface area contributed by atoms with Crippen LogP contribution in [0.4, 0.5) is 10.5 Å². The lowest BCUT2D eigenvalue weighted by Crippen LogP contribution is -2.55.